The van der Waals surface area contributed by atoms with Gasteiger partial charge in [0.25, 0.3) is 0 Å². The van der Waals surface area contributed by atoms with Crippen LogP contribution in [0.15, 0.2) is 30.3 Å². The number of aryl methyl sites for hydroxylation is 1. The van der Waals surface area contributed by atoms with E-state index >= 15 is 0 Å². The number of para-hydroxylation sites is 1. The van der Waals surface area contributed by atoms with Crippen LogP contribution in [0, 0.1) is 0 Å². The summed E-state index contributed by atoms with van der Waals surface area (Å²) in [4.78, 5) is 0. The molecule has 0 amide bonds. The smallest absolute Gasteiger partial charge is 0.240 e. The third-order valence-corrected chi connectivity index (χ3v) is 2.79. The Labute approximate surface area is 87.0 Å². The zero-order valence-corrected chi connectivity index (χ0v) is 10.7. The van der Waals surface area contributed by atoms with E-state index in [9.17, 15) is 0 Å². The van der Waals surface area contributed by atoms with E-state index in [0.717, 1.165) is 23.3 Å². The van der Waals surface area contributed by atoms with Crippen LogP contribution < -0.4 is 4.53 Å². The molecule has 0 aliphatic rings. The molecule has 74 valence electrons. The molecule has 0 fully saturated rings. The van der Waals surface area contributed by atoms with E-state index in [1.165, 1.54) is 16.6 Å². The lowest BCUT2D eigenvalue weighted by atomic mass is 10.2. The Morgan fingerprint density at radius 1 is 1.36 bits per heavy atom. The molecule has 0 aliphatic carbocycles. The first-order chi connectivity index (χ1) is 6.86. The fourth-order valence-electron chi connectivity index (χ4n) is 1.83. The molecule has 0 N–H and O–H groups in total. The molecule has 14 heavy (non-hydrogen) atoms. The molecule has 0 bridgehead atoms. The molecule has 0 spiro atoms. The minimum atomic E-state index is 0.730. The van der Waals surface area contributed by atoms with Crippen molar-refractivity contribution in [1.29, 1.82) is 0 Å². The Morgan fingerprint density at radius 2 is 2.14 bits per heavy atom. The van der Waals surface area contributed by atoms with Crippen LogP contribution in [-0.4, -0.2) is 15.2 Å². The van der Waals surface area contributed by atoms with Crippen molar-refractivity contribution in [2.45, 2.75) is 19.8 Å². The van der Waals surface area contributed by atoms with Crippen molar-refractivity contribution >= 4 is 21.4 Å². The quantitative estimate of drug-likeness (QED) is 0.689. The molecule has 1 aromatic heterocycles. The summed E-state index contributed by atoms with van der Waals surface area (Å²) in [5.41, 5.74) is 2.47. The van der Waals surface area contributed by atoms with Gasteiger partial charge in [-0.3, -0.25) is 0 Å². The largest absolute Gasteiger partial charge is 0.481 e. The van der Waals surface area contributed by atoms with Crippen LogP contribution in [-0.2, 0) is 6.42 Å². The minimum Gasteiger partial charge on any atom is -0.481 e. The fourth-order valence-corrected chi connectivity index (χ4v) is 2.26. The first-order valence-corrected chi connectivity index (χ1v) is 5.82. The Hall–Kier alpha value is -1.22. The maximum absolute atomic E-state index is 5.51. The van der Waals surface area contributed by atoms with Gasteiger partial charge in [-0.25, -0.2) is 4.73 Å². The summed E-state index contributed by atoms with van der Waals surface area (Å²) >= 11 is 0. The number of benzene rings is 1. The Balaban J connectivity index is 2.60. The predicted octanol–water partition coefficient (Wildman–Crippen LogP) is 1.30. The van der Waals surface area contributed by atoms with Crippen LogP contribution in [0.2, 0.25) is 0 Å². The normalized spacial score (nSPS) is 10.9. The van der Waals surface area contributed by atoms with Crippen molar-refractivity contribution in [1.82, 2.24) is 4.73 Å². The zero-order chi connectivity index (χ0) is 9.97. The summed E-state index contributed by atoms with van der Waals surface area (Å²) in [6.45, 7) is 2.19. The van der Waals surface area contributed by atoms with Gasteiger partial charge >= 0.3 is 0 Å². The zero-order valence-electron chi connectivity index (χ0n) is 8.66. The van der Waals surface area contributed by atoms with Crippen molar-refractivity contribution in [2.24, 2.45) is 0 Å². The molecule has 0 saturated carbocycles. The molecule has 0 saturated heterocycles. The minimum absolute atomic E-state index is 0.730. The predicted molar refractivity (Wildman–Crippen MR) is 62.5 cm³/mol. The highest BCUT2D eigenvalue weighted by Gasteiger charge is 2.06. The van der Waals surface area contributed by atoms with E-state index < -0.39 is 0 Å². The summed E-state index contributed by atoms with van der Waals surface area (Å²) in [5.74, 6) is 0. The van der Waals surface area contributed by atoms with Gasteiger partial charge in [0.05, 0.1) is 11.2 Å². The van der Waals surface area contributed by atoms with Gasteiger partial charge in [-0.1, -0.05) is 31.5 Å². The van der Waals surface area contributed by atoms with E-state index in [1.54, 1.807) is 0 Å². The maximum Gasteiger partial charge on any atom is 0.240 e. The standard InChI is InChI=1S/C11H15NOSi/c1-2-5-10-8-9-6-3-4-7-11(9)12(10)13-14/h3-4,6-8H,2,5H2,1,14H3. The molecule has 0 unspecified atom stereocenters. The number of rotatable bonds is 3. The van der Waals surface area contributed by atoms with Crippen molar-refractivity contribution < 1.29 is 4.53 Å². The number of hydrogen-bond acceptors (Lipinski definition) is 1. The summed E-state index contributed by atoms with van der Waals surface area (Å²) in [5, 5.41) is 1.27. The first kappa shape index (κ1) is 9.34. The molecule has 1 aromatic carbocycles. The second-order valence-electron chi connectivity index (χ2n) is 3.42. The number of hydrogen-bond donors (Lipinski definition) is 0. The topological polar surface area (TPSA) is 14.2 Å². The van der Waals surface area contributed by atoms with Gasteiger partial charge in [0, 0.05) is 5.39 Å². The molecular weight excluding hydrogens is 190 g/mol. The molecule has 0 aliphatic heterocycles. The first-order valence-electron chi connectivity index (χ1n) is 5.00. The lowest BCUT2D eigenvalue weighted by Gasteiger charge is -2.08. The lowest BCUT2D eigenvalue weighted by molar-refractivity contribution is 0.304. The molecule has 0 atom stereocenters. The Kier molecular flexibility index (Phi) is 2.59. The van der Waals surface area contributed by atoms with Gasteiger partial charge in [-0.2, -0.15) is 0 Å². The van der Waals surface area contributed by atoms with Crippen LogP contribution in [0.4, 0.5) is 0 Å². The van der Waals surface area contributed by atoms with Crippen molar-refractivity contribution in [2.75, 3.05) is 0 Å². The van der Waals surface area contributed by atoms with Crippen LogP contribution in [0.25, 0.3) is 10.9 Å². The van der Waals surface area contributed by atoms with Gasteiger partial charge in [0.15, 0.2) is 0 Å². The Bertz CT molecular complexity index is 436. The average molecular weight is 205 g/mol. The average Bonchev–Trinajstić information content (AvgIpc) is 2.55. The van der Waals surface area contributed by atoms with Gasteiger partial charge in [-0.05, 0) is 18.6 Å². The highest BCUT2D eigenvalue weighted by Crippen LogP contribution is 2.19. The fraction of sp³-hybridized carbons (Fsp3) is 0.273. The van der Waals surface area contributed by atoms with Gasteiger partial charge in [-0.15, -0.1) is 0 Å². The van der Waals surface area contributed by atoms with Crippen LogP contribution in [0.5, 0.6) is 0 Å². The van der Waals surface area contributed by atoms with Crippen molar-refractivity contribution in [3.8, 4) is 0 Å². The molecule has 0 radical (unpaired) electrons. The SMILES string of the molecule is CCCc1cc2ccccc2n1O[SiH3]. The molecular formula is C11H15NOSi. The maximum atomic E-state index is 5.51. The van der Waals surface area contributed by atoms with Crippen LogP contribution in [0.3, 0.4) is 0 Å². The van der Waals surface area contributed by atoms with Gasteiger partial charge < -0.3 is 4.53 Å². The number of aromatic nitrogens is 1. The van der Waals surface area contributed by atoms with Crippen LogP contribution >= 0.6 is 0 Å². The van der Waals surface area contributed by atoms with E-state index in [0.29, 0.717) is 0 Å². The van der Waals surface area contributed by atoms with Crippen LogP contribution in [0.1, 0.15) is 19.0 Å². The second kappa shape index (κ2) is 3.88. The third kappa shape index (κ3) is 1.44. The van der Waals surface area contributed by atoms with Gasteiger partial charge in [0.1, 0.15) is 0 Å². The molecule has 1 heterocycles. The van der Waals surface area contributed by atoms with E-state index in [2.05, 4.69) is 37.3 Å². The van der Waals surface area contributed by atoms with Crippen molar-refractivity contribution in [3.05, 3.63) is 36.0 Å². The summed E-state index contributed by atoms with van der Waals surface area (Å²) in [6, 6.07) is 10.6. The lowest BCUT2D eigenvalue weighted by Crippen LogP contribution is -2.10. The van der Waals surface area contributed by atoms with Gasteiger partial charge in [0.2, 0.25) is 10.5 Å². The third-order valence-electron chi connectivity index (χ3n) is 2.43. The highest BCUT2D eigenvalue weighted by atomic mass is 28.2. The van der Waals surface area contributed by atoms with E-state index in [-0.39, 0.29) is 0 Å². The second-order valence-corrected chi connectivity index (χ2v) is 3.79. The Morgan fingerprint density at radius 3 is 2.86 bits per heavy atom. The highest BCUT2D eigenvalue weighted by molar-refractivity contribution is 5.98. The van der Waals surface area contributed by atoms with E-state index in [4.69, 9.17) is 4.53 Å². The number of nitrogens with zero attached hydrogens (tertiary/aromatic N) is 1. The van der Waals surface area contributed by atoms with Crippen molar-refractivity contribution in [3.63, 3.8) is 0 Å². The summed E-state index contributed by atoms with van der Waals surface area (Å²) < 4.78 is 7.48. The van der Waals surface area contributed by atoms with E-state index in [1.807, 2.05) is 4.73 Å². The number of fused-ring (bicyclic) bond motifs is 1. The molecule has 2 nitrogen and oxygen atoms in total. The monoisotopic (exact) mass is 205 g/mol. The molecule has 3 heteroatoms. The molecule has 2 aromatic rings. The molecule has 2 rings (SSSR count). The summed E-state index contributed by atoms with van der Waals surface area (Å²) in [7, 11) is 0.730. The summed E-state index contributed by atoms with van der Waals surface area (Å²) in [6.07, 6.45) is 2.23.